The molecule has 2 rings (SSSR count). The van der Waals surface area contributed by atoms with E-state index in [4.69, 9.17) is 4.74 Å². The number of hydrogen-bond acceptors (Lipinski definition) is 3. The number of nitrogens with one attached hydrogen (secondary N) is 1. The van der Waals surface area contributed by atoms with Crippen molar-refractivity contribution in [2.45, 2.75) is 39.8 Å². The highest BCUT2D eigenvalue weighted by Crippen LogP contribution is 2.14. The Labute approximate surface area is 167 Å². The minimum atomic E-state index is -0.536. The van der Waals surface area contributed by atoms with Gasteiger partial charge in [0.05, 0.1) is 7.11 Å². The Morgan fingerprint density at radius 3 is 2.18 bits per heavy atom. The Hall–Kier alpha value is -2.82. The molecule has 0 aliphatic carbocycles. The second-order valence-corrected chi connectivity index (χ2v) is 7.17. The zero-order valence-corrected chi connectivity index (χ0v) is 17.1. The Balaban J connectivity index is 1.96. The van der Waals surface area contributed by atoms with Gasteiger partial charge >= 0.3 is 0 Å². The fourth-order valence-corrected chi connectivity index (χ4v) is 2.93. The van der Waals surface area contributed by atoms with Crippen molar-refractivity contribution >= 4 is 11.8 Å². The van der Waals surface area contributed by atoms with Crippen LogP contribution in [0.15, 0.2) is 54.6 Å². The van der Waals surface area contributed by atoms with Gasteiger partial charge in [0.25, 0.3) is 0 Å². The predicted molar refractivity (Wildman–Crippen MR) is 111 cm³/mol. The number of hydrogen-bond donors (Lipinski definition) is 1. The predicted octanol–water partition coefficient (Wildman–Crippen LogP) is 3.43. The van der Waals surface area contributed by atoms with Crippen LogP contribution in [-0.2, 0) is 22.6 Å². The molecule has 28 heavy (non-hydrogen) atoms. The molecule has 150 valence electrons. The monoisotopic (exact) mass is 382 g/mol. The molecule has 0 spiro atoms. The maximum absolute atomic E-state index is 12.7. The van der Waals surface area contributed by atoms with Crippen molar-refractivity contribution in [1.29, 1.82) is 0 Å². The summed E-state index contributed by atoms with van der Waals surface area (Å²) in [5, 5.41) is 2.96. The van der Waals surface area contributed by atoms with Crippen LogP contribution >= 0.6 is 0 Å². The van der Waals surface area contributed by atoms with Gasteiger partial charge in [-0.3, -0.25) is 9.59 Å². The zero-order chi connectivity index (χ0) is 20.5. The summed E-state index contributed by atoms with van der Waals surface area (Å²) in [6.45, 7) is 6.44. The average Bonchev–Trinajstić information content (AvgIpc) is 2.72. The van der Waals surface area contributed by atoms with Crippen molar-refractivity contribution in [3.05, 3.63) is 65.7 Å². The van der Waals surface area contributed by atoms with Crippen LogP contribution in [0.1, 0.15) is 31.9 Å². The average molecular weight is 383 g/mol. The molecule has 0 saturated carbocycles. The molecule has 0 saturated heterocycles. The Kier molecular flexibility index (Phi) is 8.05. The van der Waals surface area contributed by atoms with Gasteiger partial charge in [-0.15, -0.1) is 0 Å². The van der Waals surface area contributed by atoms with Crippen LogP contribution in [0.25, 0.3) is 0 Å². The lowest BCUT2D eigenvalue weighted by Crippen LogP contribution is -2.49. The summed E-state index contributed by atoms with van der Waals surface area (Å²) in [4.78, 5) is 27.0. The summed E-state index contributed by atoms with van der Waals surface area (Å²) in [7, 11) is 1.64. The number of rotatable bonds is 9. The third-order valence-electron chi connectivity index (χ3n) is 4.69. The lowest BCUT2D eigenvalue weighted by atomic mass is 10.1. The summed E-state index contributed by atoms with van der Waals surface area (Å²) in [6, 6.07) is 17.0. The summed E-state index contributed by atoms with van der Waals surface area (Å²) >= 11 is 0. The maximum atomic E-state index is 12.7. The first-order chi connectivity index (χ1) is 13.4. The lowest BCUT2D eigenvalue weighted by molar-refractivity contribution is -0.143. The standard InChI is InChI=1S/C23H30N2O3/c1-17(2)23(27)25(16-20-8-6-5-7-9-20)18(3)22(26)24-15-14-19-10-12-21(28-4)13-11-19/h5-13,17-18H,14-16H2,1-4H3,(H,24,26). The van der Waals surface area contributed by atoms with Crippen LogP contribution in [0.5, 0.6) is 5.75 Å². The zero-order valence-electron chi connectivity index (χ0n) is 17.1. The fourth-order valence-electron chi connectivity index (χ4n) is 2.93. The van der Waals surface area contributed by atoms with Gasteiger partial charge in [0.1, 0.15) is 11.8 Å². The van der Waals surface area contributed by atoms with Crippen LogP contribution < -0.4 is 10.1 Å². The number of methoxy groups -OCH3 is 1. The van der Waals surface area contributed by atoms with Gasteiger partial charge in [0.15, 0.2) is 0 Å². The molecule has 5 heteroatoms. The molecule has 0 radical (unpaired) electrons. The normalized spacial score (nSPS) is 11.8. The summed E-state index contributed by atoms with van der Waals surface area (Å²) in [5.41, 5.74) is 2.13. The van der Waals surface area contributed by atoms with E-state index < -0.39 is 6.04 Å². The molecule has 2 aromatic carbocycles. The molecular weight excluding hydrogens is 352 g/mol. The van der Waals surface area contributed by atoms with E-state index in [1.807, 2.05) is 68.4 Å². The van der Waals surface area contributed by atoms with Gasteiger partial charge in [-0.25, -0.2) is 0 Å². The van der Waals surface area contributed by atoms with E-state index in [0.717, 1.165) is 23.3 Å². The highest BCUT2D eigenvalue weighted by atomic mass is 16.5. The molecule has 1 atom stereocenters. The number of ether oxygens (including phenoxy) is 1. The SMILES string of the molecule is COc1ccc(CCNC(=O)C(C)N(Cc2ccccc2)C(=O)C(C)C)cc1. The first-order valence-corrected chi connectivity index (χ1v) is 9.67. The number of benzene rings is 2. The molecule has 1 N–H and O–H groups in total. The Morgan fingerprint density at radius 1 is 0.964 bits per heavy atom. The van der Waals surface area contributed by atoms with Gasteiger partial charge in [0, 0.05) is 19.0 Å². The number of nitrogens with zero attached hydrogens (tertiary/aromatic N) is 1. The highest BCUT2D eigenvalue weighted by Gasteiger charge is 2.27. The largest absolute Gasteiger partial charge is 0.497 e. The van der Waals surface area contributed by atoms with E-state index in [-0.39, 0.29) is 17.7 Å². The van der Waals surface area contributed by atoms with E-state index in [2.05, 4.69) is 5.32 Å². The van der Waals surface area contributed by atoms with Crippen LogP contribution in [0, 0.1) is 5.92 Å². The first-order valence-electron chi connectivity index (χ1n) is 9.67. The minimum absolute atomic E-state index is 0.0262. The summed E-state index contributed by atoms with van der Waals surface area (Å²) in [5.74, 6) is 0.475. The number of carbonyl (C=O) groups excluding carboxylic acids is 2. The molecule has 0 aliphatic heterocycles. The summed E-state index contributed by atoms with van der Waals surface area (Å²) in [6.07, 6.45) is 0.721. The van der Waals surface area contributed by atoms with Gasteiger partial charge in [0.2, 0.25) is 11.8 Å². The second kappa shape index (κ2) is 10.5. The van der Waals surface area contributed by atoms with Crippen molar-refractivity contribution in [1.82, 2.24) is 10.2 Å². The quantitative estimate of drug-likeness (QED) is 0.723. The molecule has 1 unspecified atom stereocenters. The van der Waals surface area contributed by atoms with Crippen LogP contribution in [0.3, 0.4) is 0 Å². The minimum Gasteiger partial charge on any atom is -0.497 e. The first kappa shape index (κ1) is 21.5. The van der Waals surface area contributed by atoms with Crippen LogP contribution in [0.2, 0.25) is 0 Å². The van der Waals surface area contributed by atoms with E-state index >= 15 is 0 Å². The van der Waals surface area contributed by atoms with Crippen LogP contribution in [0.4, 0.5) is 0 Å². The number of amides is 2. The molecule has 2 amide bonds. The molecule has 0 fully saturated rings. The molecule has 2 aromatic rings. The number of carbonyl (C=O) groups is 2. The Morgan fingerprint density at radius 2 is 1.61 bits per heavy atom. The van der Waals surface area contributed by atoms with E-state index in [1.54, 1.807) is 18.9 Å². The lowest BCUT2D eigenvalue weighted by Gasteiger charge is -2.30. The van der Waals surface area contributed by atoms with E-state index in [1.165, 1.54) is 0 Å². The molecule has 0 aliphatic rings. The maximum Gasteiger partial charge on any atom is 0.242 e. The molecule has 5 nitrogen and oxygen atoms in total. The highest BCUT2D eigenvalue weighted by molar-refractivity contribution is 5.88. The molecule has 0 bridgehead atoms. The van der Waals surface area contributed by atoms with Crippen molar-refractivity contribution in [2.75, 3.05) is 13.7 Å². The smallest absolute Gasteiger partial charge is 0.242 e. The van der Waals surface area contributed by atoms with Crippen molar-refractivity contribution in [3.8, 4) is 5.75 Å². The topological polar surface area (TPSA) is 58.6 Å². The summed E-state index contributed by atoms with van der Waals surface area (Å²) < 4.78 is 5.15. The van der Waals surface area contributed by atoms with E-state index in [0.29, 0.717) is 13.1 Å². The van der Waals surface area contributed by atoms with Gasteiger partial charge in [-0.1, -0.05) is 56.3 Å². The van der Waals surface area contributed by atoms with Crippen molar-refractivity contribution in [2.24, 2.45) is 5.92 Å². The van der Waals surface area contributed by atoms with Crippen molar-refractivity contribution < 1.29 is 14.3 Å². The Bertz CT molecular complexity index is 757. The van der Waals surface area contributed by atoms with Gasteiger partial charge in [-0.05, 0) is 36.6 Å². The third-order valence-corrected chi connectivity index (χ3v) is 4.69. The fraction of sp³-hybridized carbons (Fsp3) is 0.391. The van der Waals surface area contributed by atoms with Gasteiger partial charge < -0.3 is 15.0 Å². The van der Waals surface area contributed by atoms with Crippen LogP contribution in [-0.4, -0.2) is 36.4 Å². The third kappa shape index (κ3) is 6.12. The second-order valence-electron chi connectivity index (χ2n) is 7.17. The van der Waals surface area contributed by atoms with Gasteiger partial charge in [-0.2, -0.15) is 0 Å². The van der Waals surface area contributed by atoms with Crippen molar-refractivity contribution in [3.63, 3.8) is 0 Å². The molecule has 0 aromatic heterocycles. The molecular formula is C23H30N2O3. The molecule has 0 heterocycles. The van der Waals surface area contributed by atoms with E-state index in [9.17, 15) is 9.59 Å².